The van der Waals surface area contributed by atoms with Crippen molar-refractivity contribution in [1.29, 1.82) is 0 Å². The van der Waals surface area contributed by atoms with Gasteiger partial charge >= 0.3 is 5.69 Å². The van der Waals surface area contributed by atoms with E-state index in [1.54, 1.807) is 11.6 Å². The van der Waals surface area contributed by atoms with Gasteiger partial charge in [0.25, 0.3) is 5.56 Å². The molecule has 0 fully saturated rings. The summed E-state index contributed by atoms with van der Waals surface area (Å²) in [6.07, 6.45) is 0. The molecule has 0 saturated carbocycles. The molecule has 2 rings (SSSR count). The third kappa shape index (κ3) is 1.35. The summed E-state index contributed by atoms with van der Waals surface area (Å²) in [7, 11) is 3.02. The zero-order chi connectivity index (χ0) is 12.7. The third-order valence-corrected chi connectivity index (χ3v) is 2.79. The summed E-state index contributed by atoms with van der Waals surface area (Å²) in [5.74, 6) is 0.348. The Bertz CT molecular complexity index is 719. The Morgan fingerprint density at radius 2 is 1.94 bits per heavy atom. The van der Waals surface area contributed by atoms with Crippen LogP contribution in [0.25, 0.3) is 11.2 Å². The highest BCUT2D eigenvalue weighted by molar-refractivity contribution is 5.73. The molecule has 0 atom stereocenters. The van der Waals surface area contributed by atoms with Crippen LogP contribution in [-0.2, 0) is 20.6 Å². The molecule has 0 aliphatic rings. The summed E-state index contributed by atoms with van der Waals surface area (Å²) < 4.78 is 4.03. The van der Waals surface area contributed by atoms with Crippen LogP contribution in [-0.4, -0.2) is 25.4 Å². The summed E-state index contributed by atoms with van der Waals surface area (Å²) in [6.45, 7) is 5.82. The average molecular weight is 235 g/mol. The first-order chi connectivity index (χ1) is 8.02. The highest BCUT2D eigenvalue weighted by Gasteiger charge is 2.17. The standard InChI is InChI=1S/C10H13N5O2/c1-5-15-6-7(12-9(15)11-2)13(3)10(17)14(4)8(6)16/h2,5H2,1,3-4H3. The van der Waals surface area contributed by atoms with Crippen LogP contribution in [0.1, 0.15) is 6.92 Å². The van der Waals surface area contributed by atoms with Crippen LogP contribution in [0.2, 0.25) is 0 Å². The van der Waals surface area contributed by atoms with Crippen LogP contribution in [0.5, 0.6) is 0 Å². The van der Waals surface area contributed by atoms with Gasteiger partial charge in [-0.25, -0.2) is 9.79 Å². The Morgan fingerprint density at radius 1 is 1.29 bits per heavy atom. The van der Waals surface area contributed by atoms with E-state index in [2.05, 4.69) is 16.7 Å². The molecule has 0 radical (unpaired) electrons. The lowest BCUT2D eigenvalue weighted by Crippen LogP contribution is -2.37. The normalized spacial score (nSPS) is 11.0. The Morgan fingerprint density at radius 3 is 2.47 bits per heavy atom. The number of rotatable bonds is 2. The number of aromatic nitrogens is 4. The van der Waals surface area contributed by atoms with E-state index in [0.29, 0.717) is 23.7 Å². The minimum Gasteiger partial charge on any atom is -0.303 e. The number of fused-ring (bicyclic) bond motifs is 1. The van der Waals surface area contributed by atoms with Crippen molar-refractivity contribution in [2.24, 2.45) is 19.1 Å². The molecule has 0 bridgehead atoms. The SMILES string of the molecule is C=Nc1nc2c(c(=O)n(C)c(=O)n2C)n1CC. The molecule has 17 heavy (non-hydrogen) atoms. The fourth-order valence-electron chi connectivity index (χ4n) is 1.86. The minimum atomic E-state index is -0.404. The lowest BCUT2D eigenvalue weighted by molar-refractivity contribution is 0.700. The Kier molecular flexibility index (Phi) is 2.45. The maximum Gasteiger partial charge on any atom is 0.332 e. The minimum absolute atomic E-state index is 0.336. The van der Waals surface area contributed by atoms with E-state index in [0.717, 1.165) is 4.57 Å². The second-order valence-electron chi connectivity index (χ2n) is 3.69. The quantitative estimate of drug-likeness (QED) is 0.676. The number of aliphatic imine (C=N–C) groups is 1. The molecule has 0 amide bonds. The van der Waals surface area contributed by atoms with Crippen molar-refractivity contribution in [3.8, 4) is 0 Å². The molecule has 0 aromatic carbocycles. The van der Waals surface area contributed by atoms with Crippen LogP contribution >= 0.6 is 0 Å². The van der Waals surface area contributed by atoms with E-state index in [1.165, 1.54) is 11.6 Å². The molecule has 7 nitrogen and oxygen atoms in total. The Hall–Kier alpha value is -2.18. The van der Waals surface area contributed by atoms with Gasteiger partial charge in [0.1, 0.15) is 0 Å². The van der Waals surface area contributed by atoms with Gasteiger partial charge in [-0.15, -0.1) is 0 Å². The lowest BCUT2D eigenvalue weighted by Gasteiger charge is -2.04. The maximum absolute atomic E-state index is 12.0. The van der Waals surface area contributed by atoms with Gasteiger partial charge in [0.2, 0.25) is 5.95 Å². The largest absolute Gasteiger partial charge is 0.332 e. The van der Waals surface area contributed by atoms with Gasteiger partial charge < -0.3 is 4.57 Å². The van der Waals surface area contributed by atoms with E-state index in [4.69, 9.17) is 0 Å². The van der Waals surface area contributed by atoms with Crippen molar-refractivity contribution in [1.82, 2.24) is 18.7 Å². The zero-order valence-electron chi connectivity index (χ0n) is 9.97. The molecule has 2 aromatic heterocycles. The summed E-state index contributed by atoms with van der Waals surface area (Å²) in [5, 5.41) is 0. The summed E-state index contributed by atoms with van der Waals surface area (Å²) in [6, 6.07) is 0. The number of imidazole rings is 1. The van der Waals surface area contributed by atoms with Crippen molar-refractivity contribution >= 4 is 23.8 Å². The first-order valence-corrected chi connectivity index (χ1v) is 5.15. The van der Waals surface area contributed by atoms with Crippen LogP contribution < -0.4 is 11.2 Å². The predicted molar refractivity (Wildman–Crippen MR) is 65.1 cm³/mol. The number of nitrogens with zero attached hydrogens (tertiary/aromatic N) is 5. The first-order valence-electron chi connectivity index (χ1n) is 5.15. The van der Waals surface area contributed by atoms with Crippen molar-refractivity contribution in [3.63, 3.8) is 0 Å². The second kappa shape index (κ2) is 3.69. The maximum atomic E-state index is 12.0. The van der Waals surface area contributed by atoms with Gasteiger partial charge in [-0.1, -0.05) is 0 Å². The molecule has 0 N–H and O–H groups in total. The number of hydrogen-bond donors (Lipinski definition) is 0. The van der Waals surface area contributed by atoms with Gasteiger partial charge in [-0.05, 0) is 13.6 Å². The molecule has 90 valence electrons. The first kappa shape index (κ1) is 11.3. The molecule has 0 spiro atoms. The van der Waals surface area contributed by atoms with E-state index in [-0.39, 0.29) is 5.56 Å². The molecular weight excluding hydrogens is 222 g/mol. The van der Waals surface area contributed by atoms with E-state index >= 15 is 0 Å². The molecule has 0 unspecified atom stereocenters. The van der Waals surface area contributed by atoms with Gasteiger partial charge in [-0.3, -0.25) is 13.9 Å². The van der Waals surface area contributed by atoms with Crippen LogP contribution in [0.15, 0.2) is 14.6 Å². The van der Waals surface area contributed by atoms with Gasteiger partial charge in [0.05, 0.1) is 0 Å². The van der Waals surface area contributed by atoms with Gasteiger partial charge in [-0.2, -0.15) is 4.98 Å². The predicted octanol–water partition coefficient (Wildman–Crippen LogP) is -0.214. The monoisotopic (exact) mass is 235 g/mol. The average Bonchev–Trinajstić information content (AvgIpc) is 2.72. The third-order valence-electron chi connectivity index (χ3n) is 2.79. The van der Waals surface area contributed by atoms with Crippen LogP contribution in [0, 0.1) is 0 Å². The Balaban J connectivity index is 3.15. The number of hydrogen-bond acceptors (Lipinski definition) is 4. The van der Waals surface area contributed by atoms with E-state index in [1.807, 2.05) is 6.92 Å². The summed E-state index contributed by atoms with van der Waals surface area (Å²) >= 11 is 0. The Labute approximate surface area is 96.7 Å². The smallest absolute Gasteiger partial charge is 0.303 e. The molecule has 0 aliphatic heterocycles. The van der Waals surface area contributed by atoms with Gasteiger partial charge in [0, 0.05) is 20.6 Å². The van der Waals surface area contributed by atoms with Crippen molar-refractivity contribution < 1.29 is 0 Å². The van der Waals surface area contributed by atoms with Crippen molar-refractivity contribution in [2.75, 3.05) is 0 Å². The molecule has 7 heteroatoms. The fourth-order valence-corrected chi connectivity index (χ4v) is 1.86. The molecular formula is C10H13N5O2. The molecule has 0 saturated heterocycles. The van der Waals surface area contributed by atoms with Crippen molar-refractivity contribution in [3.05, 3.63) is 20.8 Å². The lowest BCUT2D eigenvalue weighted by atomic mass is 10.5. The molecule has 0 aliphatic carbocycles. The number of aryl methyl sites for hydroxylation is 2. The van der Waals surface area contributed by atoms with E-state index < -0.39 is 5.69 Å². The zero-order valence-corrected chi connectivity index (χ0v) is 9.97. The molecule has 2 heterocycles. The topological polar surface area (TPSA) is 74.2 Å². The van der Waals surface area contributed by atoms with Crippen molar-refractivity contribution in [2.45, 2.75) is 13.5 Å². The second-order valence-corrected chi connectivity index (χ2v) is 3.69. The highest BCUT2D eigenvalue weighted by atomic mass is 16.2. The van der Waals surface area contributed by atoms with Crippen LogP contribution in [0.4, 0.5) is 5.95 Å². The fraction of sp³-hybridized carbons (Fsp3) is 0.400. The summed E-state index contributed by atoms with van der Waals surface area (Å²) in [4.78, 5) is 31.7. The van der Waals surface area contributed by atoms with E-state index in [9.17, 15) is 9.59 Å². The highest BCUT2D eigenvalue weighted by Crippen LogP contribution is 2.16. The molecule has 2 aromatic rings. The van der Waals surface area contributed by atoms with Crippen LogP contribution in [0.3, 0.4) is 0 Å². The summed E-state index contributed by atoms with van der Waals surface area (Å²) in [5.41, 5.74) is -0.0620. The van der Waals surface area contributed by atoms with Gasteiger partial charge in [0.15, 0.2) is 11.2 Å².